The van der Waals surface area contributed by atoms with Crippen molar-refractivity contribution in [3.63, 3.8) is 0 Å². The molecule has 0 amide bonds. The molecule has 1 aromatic carbocycles. The molecule has 1 aromatic rings. The number of thiocarbonyl (C=S) groups is 1. The highest BCUT2D eigenvalue weighted by atomic mass is 35.5. The van der Waals surface area contributed by atoms with E-state index >= 15 is 0 Å². The predicted molar refractivity (Wildman–Crippen MR) is 75.2 cm³/mol. The summed E-state index contributed by atoms with van der Waals surface area (Å²) >= 11 is 10.1. The second-order valence-corrected chi connectivity index (χ2v) is 6.83. The molecule has 112 valence electrons. The van der Waals surface area contributed by atoms with Crippen LogP contribution in [0, 0.1) is 0 Å². The number of alkyl halides is 3. The SMILES string of the molecule is CC(C(N)=S)S(=O)(=O)Nc1cc(Cl)cc(C(F)(F)F)c1. The number of anilines is 1. The third kappa shape index (κ3) is 4.22. The molecule has 0 spiro atoms. The summed E-state index contributed by atoms with van der Waals surface area (Å²) in [7, 11) is -4.03. The monoisotopic (exact) mass is 346 g/mol. The third-order valence-electron chi connectivity index (χ3n) is 2.35. The molecule has 0 saturated carbocycles. The highest BCUT2D eigenvalue weighted by Crippen LogP contribution is 2.33. The lowest BCUT2D eigenvalue weighted by molar-refractivity contribution is -0.137. The normalized spacial score (nSPS) is 13.8. The summed E-state index contributed by atoms with van der Waals surface area (Å²) in [6, 6.07) is 2.38. The zero-order chi connectivity index (χ0) is 15.7. The number of nitrogens with two attached hydrogens (primary N) is 1. The maximum Gasteiger partial charge on any atom is 0.416 e. The van der Waals surface area contributed by atoms with Gasteiger partial charge in [-0.3, -0.25) is 4.72 Å². The Labute approximate surface area is 124 Å². The highest BCUT2D eigenvalue weighted by molar-refractivity contribution is 7.95. The summed E-state index contributed by atoms with van der Waals surface area (Å²) in [6.45, 7) is 1.22. The van der Waals surface area contributed by atoms with Gasteiger partial charge in [0, 0.05) is 5.02 Å². The maximum absolute atomic E-state index is 12.6. The molecule has 10 heteroatoms. The minimum Gasteiger partial charge on any atom is -0.392 e. The first kappa shape index (κ1) is 17.0. The molecule has 0 aliphatic carbocycles. The lowest BCUT2D eigenvalue weighted by atomic mass is 10.2. The first-order valence-corrected chi connectivity index (χ1v) is 7.45. The molecule has 20 heavy (non-hydrogen) atoms. The molecule has 0 radical (unpaired) electrons. The summed E-state index contributed by atoms with van der Waals surface area (Å²) < 4.78 is 63.4. The number of halogens is 4. The Morgan fingerprint density at radius 2 is 1.95 bits per heavy atom. The van der Waals surface area contributed by atoms with Crippen molar-refractivity contribution in [3.8, 4) is 0 Å². The van der Waals surface area contributed by atoms with Gasteiger partial charge in [0.25, 0.3) is 0 Å². The highest BCUT2D eigenvalue weighted by Gasteiger charge is 2.32. The van der Waals surface area contributed by atoms with E-state index in [4.69, 9.17) is 17.3 Å². The fraction of sp³-hybridized carbons (Fsp3) is 0.300. The van der Waals surface area contributed by atoms with E-state index in [2.05, 4.69) is 12.2 Å². The van der Waals surface area contributed by atoms with Crippen molar-refractivity contribution in [2.75, 3.05) is 4.72 Å². The molecule has 1 atom stereocenters. The topological polar surface area (TPSA) is 72.2 Å². The van der Waals surface area contributed by atoms with Crippen molar-refractivity contribution >= 4 is 44.5 Å². The number of hydrogen-bond donors (Lipinski definition) is 2. The number of benzene rings is 1. The molecule has 0 bridgehead atoms. The van der Waals surface area contributed by atoms with Gasteiger partial charge in [-0.1, -0.05) is 23.8 Å². The molecule has 0 aromatic heterocycles. The third-order valence-corrected chi connectivity index (χ3v) is 4.78. The van der Waals surface area contributed by atoms with Crippen LogP contribution >= 0.6 is 23.8 Å². The second-order valence-electron chi connectivity index (χ2n) is 3.92. The molecule has 0 fully saturated rings. The number of nitrogens with one attached hydrogen (secondary N) is 1. The van der Waals surface area contributed by atoms with Crippen molar-refractivity contribution in [1.29, 1.82) is 0 Å². The van der Waals surface area contributed by atoms with Crippen molar-refractivity contribution in [1.82, 2.24) is 0 Å². The zero-order valence-corrected chi connectivity index (χ0v) is 12.4. The molecule has 0 heterocycles. The smallest absolute Gasteiger partial charge is 0.392 e. The van der Waals surface area contributed by atoms with Gasteiger partial charge in [0.15, 0.2) is 0 Å². The van der Waals surface area contributed by atoms with Gasteiger partial charge in [0.05, 0.1) is 16.2 Å². The predicted octanol–water partition coefficient (Wildman–Crippen LogP) is 2.78. The van der Waals surface area contributed by atoms with Crippen molar-refractivity contribution < 1.29 is 21.6 Å². The molecular weight excluding hydrogens is 337 g/mol. The number of rotatable bonds is 4. The van der Waals surface area contributed by atoms with Gasteiger partial charge in [-0.15, -0.1) is 0 Å². The molecule has 0 aliphatic heterocycles. The largest absolute Gasteiger partial charge is 0.416 e. The van der Waals surface area contributed by atoms with Crippen LogP contribution in [0.25, 0.3) is 0 Å². The van der Waals surface area contributed by atoms with Gasteiger partial charge >= 0.3 is 6.18 Å². The van der Waals surface area contributed by atoms with Crippen molar-refractivity contribution in [2.24, 2.45) is 5.73 Å². The quantitative estimate of drug-likeness (QED) is 0.822. The average molecular weight is 347 g/mol. The Morgan fingerprint density at radius 3 is 2.40 bits per heavy atom. The summed E-state index contributed by atoms with van der Waals surface area (Å²) in [5, 5.41) is -1.48. The van der Waals surface area contributed by atoms with Gasteiger partial charge in [0.1, 0.15) is 5.25 Å². The second kappa shape index (κ2) is 5.74. The van der Waals surface area contributed by atoms with E-state index in [0.29, 0.717) is 12.1 Å². The first-order valence-electron chi connectivity index (χ1n) is 5.12. The van der Waals surface area contributed by atoms with Crippen LogP contribution in [0.15, 0.2) is 18.2 Å². The summed E-state index contributed by atoms with van der Waals surface area (Å²) in [5.41, 5.74) is 3.83. The minimum atomic E-state index is -4.64. The van der Waals surface area contributed by atoms with Gasteiger partial charge in [-0.05, 0) is 25.1 Å². The van der Waals surface area contributed by atoms with Crippen LogP contribution in [0.1, 0.15) is 12.5 Å². The number of hydrogen-bond acceptors (Lipinski definition) is 3. The molecule has 4 nitrogen and oxygen atoms in total. The van der Waals surface area contributed by atoms with Crippen LogP contribution in [0.4, 0.5) is 18.9 Å². The molecule has 0 aliphatic rings. The first-order chi connectivity index (χ1) is 8.93. The van der Waals surface area contributed by atoms with Crippen LogP contribution in [-0.2, 0) is 16.2 Å². The van der Waals surface area contributed by atoms with E-state index in [1.54, 1.807) is 0 Å². The van der Waals surface area contributed by atoms with E-state index in [0.717, 1.165) is 6.07 Å². The summed E-state index contributed by atoms with van der Waals surface area (Å²) in [4.78, 5) is -0.296. The van der Waals surface area contributed by atoms with E-state index in [1.165, 1.54) is 6.92 Å². The Hall–Kier alpha value is -1.06. The fourth-order valence-electron chi connectivity index (χ4n) is 1.22. The molecule has 0 saturated heterocycles. The van der Waals surface area contributed by atoms with E-state index in [1.807, 2.05) is 4.72 Å². The Kier molecular flexibility index (Phi) is 4.88. The minimum absolute atomic E-state index is 0.250. The molecule has 1 unspecified atom stereocenters. The van der Waals surface area contributed by atoms with Crippen LogP contribution in [-0.4, -0.2) is 18.7 Å². The van der Waals surface area contributed by atoms with Gasteiger partial charge in [-0.2, -0.15) is 13.2 Å². The Balaban J connectivity index is 3.17. The Bertz CT molecular complexity index is 632. The lowest BCUT2D eigenvalue weighted by Crippen LogP contribution is -2.35. The van der Waals surface area contributed by atoms with Crippen LogP contribution in [0.3, 0.4) is 0 Å². The van der Waals surface area contributed by atoms with Crippen LogP contribution in [0.2, 0.25) is 5.02 Å². The summed E-state index contributed by atoms with van der Waals surface area (Å²) in [5.74, 6) is 0. The zero-order valence-electron chi connectivity index (χ0n) is 10.0. The Morgan fingerprint density at radius 1 is 1.40 bits per heavy atom. The van der Waals surface area contributed by atoms with Gasteiger partial charge in [-0.25, -0.2) is 8.42 Å². The van der Waals surface area contributed by atoms with Crippen LogP contribution < -0.4 is 10.5 Å². The number of sulfonamides is 1. The van der Waals surface area contributed by atoms with E-state index < -0.39 is 27.0 Å². The average Bonchev–Trinajstić information content (AvgIpc) is 2.25. The van der Waals surface area contributed by atoms with Crippen molar-refractivity contribution in [3.05, 3.63) is 28.8 Å². The summed E-state index contributed by atoms with van der Waals surface area (Å²) in [6.07, 6.45) is -4.64. The molecule has 3 N–H and O–H groups in total. The fourth-order valence-corrected chi connectivity index (χ4v) is 2.76. The van der Waals surface area contributed by atoms with Crippen molar-refractivity contribution in [2.45, 2.75) is 18.3 Å². The maximum atomic E-state index is 12.6. The van der Waals surface area contributed by atoms with Gasteiger partial charge < -0.3 is 5.73 Å². The molecule has 1 rings (SSSR count). The standard InChI is InChI=1S/C10H10ClF3N2O2S2/c1-5(9(15)19)20(17,18)16-8-3-6(10(12,13)14)2-7(11)4-8/h2-5,16H,1H3,(H2,15,19). The lowest BCUT2D eigenvalue weighted by Gasteiger charge is -2.15. The molecular formula is C10H10ClF3N2O2S2. The van der Waals surface area contributed by atoms with E-state index in [9.17, 15) is 21.6 Å². The van der Waals surface area contributed by atoms with Gasteiger partial charge in [0.2, 0.25) is 10.0 Å². The van der Waals surface area contributed by atoms with E-state index in [-0.39, 0.29) is 15.7 Å². The van der Waals surface area contributed by atoms with Crippen LogP contribution in [0.5, 0.6) is 0 Å².